The molecule has 0 saturated carbocycles. The van der Waals surface area contributed by atoms with Gasteiger partial charge in [-0.15, -0.1) is 0 Å². The summed E-state index contributed by atoms with van der Waals surface area (Å²) in [4.78, 5) is 9.63. The number of hydrogen-bond acceptors (Lipinski definition) is 4. The monoisotopic (exact) mass is 273 g/mol. The molecule has 0 radical (unpaired) electrons. The first-order valence-electron chi connectivity index (χ1n) is 6.80. The van der Waals surface area contributed by atoms with Crippen molar-refractivity contribution in [1.82, 2.24) is 15.3 Å². The van der Waals surface area contributed by atoms with Gasteiger partial charge in [0.05, 0.1) is 11.4 Å². The van der Waals surface area contributed by atoms with Gasteiger partial charge in [-0.2, -0.15) is 11.3 Å². The zero-order valence-electron chi connectivity index (χ0n) is 11.6. The molecular weight excluding hydrogens is 254 g/mol. The van der Waals surface area contributed by atoms with Gasteiger partial charge >= 0.3 is 0 Å². The maximum Gasteiger partial charge on any atom is 0.131 e. The zero-order chi connectivity index (χ0) is 13.4. The fourth-order valence-electron chi connectivity index (χ4n) is 2.51. The minimum Gasteiger partial charge on any atom is -0.312 e. The largest absolute Gasteiger partial charge is 0.312 e. The van der Waals surface area contributed by atoms with E-state index >= 15 is 0 Å². The number of rotatable bonds is 2. The number of fused-ring (bicyclic) bond motifs is 1. The average Bonchev–Trinajstić information content (AvgIpc) is 2.92. The first-order valence-corrected chi connectivity index (χ1v) is 7.75. The van der Waals surface area contributed by atoms with Gasteiger partial charge in [0, 0.05) is 41.4 Å². The third-order valence-electron chi connectivity index (χ3n) is 3.59. The molecule has 2 aromatic rings. The van der Waals surface area contributed by atoms with Crippen molar-refractivity contribution in [2.75, 3.05) is 6.54 Å². The molecule has 0 spiro atoms. The molecule has 0 aliphatic carbocycles. The quantitative estimate of drug-likeness (QED) is 0.909. The minimum atomic E-state index is 0.366. The number of thiophene rings is 1. The van der Waals surface area contributed by atoms with Crippen LogP contribution >= 0.6 is 11.3 Å². The molecule has 1 unspecified atom stereocenters. The molecule has 1 aliphatic heterocycles. The molecule has 19 heavy (non-hydrogen) atoms. The van der Waals surface area contributed by atoms with E-state index in [0.29, 0.717) is 11.8 Å². The van der Waals surface area contributed by atoms with E-state index in [1.807, 2.05) is 0 Å². The van der Waals surface area contributed by atoms with Crippen molar-refractivity contribution in [3.63, 3.8) is 0 Å². The van der Waals surface area contributed by atoms with E-state index in [9.17, 15) is 0 Å². The molecule has 0 bridgehead atoms. The van der Waals surface area contributed by atoms with Gasteiger partial charge in [0.25, 0.3) is 0 Å². The molecule has 1 atom stereocenters. The molecule has 2 aromatic heterocycles. The Labute approximate surface area is 118 Å². The summed E-state index contributed by atoms with van der Waals surface area (Å²) in [5.41, 5.74) is 4.86. The fraction of sp³-hybridized carbons (Fsp3) is 0.467. The van der Waals surface area contributed by atoms with Gasteiger partial charge in [0.15, 0.2) is 0 Å². The van der Waals surface area contributed by atoms with Crippen LogP contribution in [0.3, 0.4) is 0 Å². The normalized spacial score (nSPS) is 18.6. The predicted octanol–water partition coefficient (Wildman–Crippen LogP) is 3.54. The number of nitrogens with zero attached hydrogens (tertiary/aromatic N) is 2. The van der Waals surface area contributed by atoms with Crippen LogP contribution in [0, 0.1) is 0 Å². The zero-order valence-corrected chi connectivity index (χ0v) is 12.4. The van der Waals surface area contributed by atoms with E-state index in [2.05, 4.69) is 42.9 Å². The predicted molar refractivity (Wildman–Crippen MR) is 79.6 cm³/mol. The van der Waals surface area contributed by atoms with Gasteiger partial charge in [-0.3, -0.25) is 0 Å². The van der Waals surface area contributed by atoms with Crippen LogP contribution in [0.1, 0.15) is 49.7 Å². The molecule has 0 saturated heterocycles. The smallest absolute Gasteiger partial charge is 0.131 e. The molecule has 0 fully saturated rings. The van der Waals surface area contributed by atoms with Crippen LogP contribution in [0.25, 0.3) is 11.3 Å². The first-order chi connectivity index (χ1) is 9.16. The van der Waals surface area contributed by atoms with E-state index in [4.69, 9.17) is 9.97 Å². The molecule has 1 N–H and O–H groups in total. The second-order valence-electron chi connectivity index (χ2n) is 5.49. The Morgan fingerprint density at radius 3 is 2.89 bits per heavy atom. The van der Waals surface area contributed by atoms with Crippen LogP contribution in [-0.4, -0.2) is 16.5 Å². The lowest BCUT2D eigenvalue weighted by molar-refractivity contribution is 0.547. The highest BCUT2D eigenvalue weighted by atomic mass is 32.1. The second-order valence-corrected chi connectivity index (χ2v) is 6.27. The fourth-order valence-corrected chi connectivity index (χ4v) is 3.15. The van der Waals surface area contributed by atoms with Crippen LogP contribution in [0.2, 0.25) is 0 Å². The van der Waals surface area contributed by atoms with Crippen molar-refractivity contribution in [1.29, 1.82) is 0 Å². The highest BCUT2D eigenvalue weighted by molar-refractivity contribution is 7.08. The van der Waals surface area contributed by atoms with E-state index in [0.717, 1.165) is 24.6 Å². The average molecular weight is 273 g/mol. The van der Waals surface area contributed by atoms with Crippen molar-refractivity contribution in [2.24, 2.45) is 0 Å². The van der Waals surface area contributed by atoms with Crippen molar-refractivity contribution < 1.29 is 0 Å². The topological polar surface area (TPSA) is 37.8 Å². The van der Waals surface area contributed by atoms with E-state index < -0.39 is 0 Å². The van der Waals surface area contributed by atoms with Crippen molar-refractivity contribution in [3.8, 4) is 11.3 Å². The van der Waals surface area contributed by atoms with Gasteiger partial charge in [-0.05, 0) is 11.4 Å². The van der Waals surface area contributed by atoms with Gasteiger partial charge in [0.1, 0.15) is 5.82 Å². The second kappa shape index (κ2) is 5.02. The first kappa shape index (κ1) is 12.8. The lowest BCUT2D eigenvalue weighted by Gasteiger charge is -2.25. The summed E-state index contributed by atoms with van der Waals surface area (Å²) in [6, 6.07) is 2.15. The van der Waals surface area contributed by atoms with Gasteiger partial charge in [-0.1, -0.05) is 20.8 Å². The van der Waals surface area contributed by atoms with E-state index in [1.54, 1.807) is 11.3 Å². The Morgan fingerprint density at radius 1 is 1.37 bits per heavy atom. The third-order valence-corrected chi connectivity index (χ3v) is 4.27. The standard InChI is InChI=1S/C15H19N3S/c1-9(2)15-17-13-10(3)6-16-7-12(13)14(18-15)11-4-5-19-8-11/h4-5,8-10,16H,6-7H2,1-3H3. The summed E-state index contributed by atoms with van der Waals surface area (Å²) in [5, 5.41) is 7.75. The Morgan fingerprint density at radius 2 is 2.21 bits per heavy atom. The van der Waals surface area contributed by atoms with Crippen LogP contribution < -0.4 is 5.32 Å². The molecule has 1 aliphatic rings. The van der Waals surface area contributed by atoms with E-state index in [1.165, 1.54) is 16.8 Å². The van der Waals surface area contributed by atoms with Crippen LogP contribution in [-0.2, 0) is 6.54 Å². The third kappa shape index (κ3) is 2.30. The molecule has 3 nitrogen and oxygen atoms in total. The number of aromatic nitrogens is 2. The summed E-state index contributed by atoms with van der Waals surface area (Å²) >= 11 is 1.72. The number of nitrogens with one attached hydrogen (secondary N) is 1. The molecule has 4 heteroatoms. The van der Waals surface area contributed by atoms with Crippen LogP contribution in [0.5, 0.6) is 0 Å². The van der Waals surface area contributed by atoms with Crippen LogP contribution in [0.4, 0.5) is 0 Å². The highest BCUT2D eigenvalue weighted by Gasteiger charge is 2.24. The number of hydrogen-bond donors (Lipinski definition) is 1. The molecule has 0 aromatic carbocycles. The van der Waals surface area contributed by atoms with Gasteiger partial charge in [0.2, 0.25) is 0 Å². The van der Waals surface area contributed by atoms with Gasteiger partial charge < -0.3 is 5.32 Å². The highest BCUT2D eigenvalue weighted by Crippen LogP contribution is 2.32. The maximum absolute atomic E-state index is 4.82. The lowest BCUT2D eigenvalue weighted by Crippen LogP contribution is -2.29. The summed E-state index contributed by atoms with van der Waals surface area (Å²) in [5.74, 6) is 1.79. The summed E-state index contributed by atoms with van der Waals surface area (Å²) < 4.78 is 0. The molecule has 3 rings (SSSR count). The van der Waals surface area contributed by atoms with Crippen LogP contribution in [0.15, 0.2) is 16.8 Å². The Bertz CT molecular complexity index is 575. The maximum atomic E-state index is 4.82. The van der Waals surface area contributed by atoms with E-state index in [-0.39, 0.29) is 0 Å². The van der Waals surface area contributed by atoms with Crippen molar-refractivity contribution >= 4 is 11.3 Å². The summed E-state index contributed by atoms with van der Waals surface area (Å²) in [6.45, 7) is 8.43. The minimum absolute atomic E-state index is 0.366. The van der Waals surface area contributed by atoms with Gasteiger partial charge in [-0.25, -0.2) is 9.97 Å². The molecule has 3 heterocycles. The van der Waals surface area contributed by atoms with Crippen molar-refractivity contribution in [2.45, 2.75) is 39.2 Å². The van der Waals surface area contributed by atoms with Crippen molar-refractivity contribution in [3.05, 3.63) is 33.9 Å². The summed E-state index contributed by atoms with van der Waals surface area (Å²) in [7, 11) is 0. The lowest BCUT2D eigenvalue weighted by atomic mass is 9.94. The Kier molecular flexibility index (Phi) is 3.37. The SMILES string of the molecule is CC(C)c1nc(-c2ccsc2)c2c(n1)C(C)CNC2. The molecule has 100 valence electrons. The molecular formula is C15H19N3S. The Balaban J connectivity index is 2.21. The molecule has 0 amide bonds. The summed E-state index contributed by atoms with van der Waals surface area (Å²) in [6.07, 6.45) is 0. The Hall–Kier alpha value is -1.26.